The van der Waals surface area contributed by atoms with Crippen LogP contribution >= 0.6 is 0 Å². The van der Waals surface area contributed by atoms with E-state index < -0.39 is 0 Å². The second kappa shape index (κ2) is 4.65. The van der Waals surface area contributed by atoms with Crippen LogP contribution in [0.1, 0.15) is 59.8 Å². The Morgan fingerprint density at radius 1 is 1.21 bits per heavy atom. The average Bonchev–Trinajstić information content (AvgIpc) is 2.38. The quantitative estimate of drug-likeness (QED) is 0.567. The molecule has 3 aliphatic rings. The molecule has 3 aliphatic carbocycles. The van der Waals surface area contributed by atoms with E-state index in [4.69, 9.17) is 0 Å². The van der Waals surface area contributed by atoms with Gasteiger partial charge in [0.15, 0.2) is 0 Å². The molecule has 1 fully saturated rings. The normalized spacial score (nSPS) is 38.1. The van der Waals surface area contributed by atoms with Crippen molar-refractivity contribution in [3.63, 3.8) is 0 Å². The summed E-state index contributed by atoms with van der Waals surface area (Å²) in [4.78, 5) is 0. The lowest BCUT2D eigenvalue weighted by Crippen LogP contribution is -2.39. The summed E-state index contributed by atoms with van der Waals surface area (Å²) in [5, 5.41) is 0. The summed E-state index contributed by atoms with van der Waals surface area (Å²) in [5.41, 5.74) is 5.48. The van der Waals surface area contributed by atoms with Crippen molar-refractivity contribution in [2.75, 3.05) is 0 Å². The van der Waals surface area contributed by atoms with Crippen LogP contribution in [-0.2, 0) is 0 Å². The molecule has 0 aliphatic heterocycles. The van der Waals surface area contributed by atoms with Gasteiger partial charge in [0.25, 0.3) is 0 Å². The fourth-order valence-corrected chi connectivity index (χ4v) is 4.72. The van der Waals surface area contributed by atoms with Gasteiger partial charge in [-0.2, -0.15) is 0 Å². The van der Waals surface area contributed by atoms with Crippen LogP contribution in [0.15, 0.2) is 34.9 Å². The summed E-state index contributed by atoms with van der Waals surface area (Å²) >= 11 is 0. The molecule has 0 saturated heterocycles. The molecule has 0 heteroatoms. The molecule has 0 aromatic rings. The lowest BCUT2D eigenvalue weighted by atomic mass is 9.55. The highest BCUT2D eigenvalue weighted by atomic mass is 14.5. The highest BCUT2D eigenvalue weighted by Crippen LogP contribution is 2.56. The fourth-order valence-electron chi connectivity index (χ4n) is 4.72. The van der Waals surface area contributed by atoms with E-state index in [9.17, 15) is 0 Å². The van der Waals surface area contributed by atoms with Crippen molar-refractivity contribution in [3.8, 4) is 0 Å². The summed E-state index contributed by atoms with van der Waals surface area (Å²) in [6.07, 6.45) is 14.3. The van der Waals surface area contributed by atoms with Gasteiger partial charge in [0.1, 0.15) is 0 Å². The van der Waals surface area contributed by atoms with Crippen LogP contribution in [-0.4, -0.2) is 0 Å². The molecule has 0 N–H and O–H groups in total. The van der Waals surface area contributed by atoms with Crippen molar-refractivity contribution in [1.82, 2.24) is 0 Å². The summed E-state index contributed by atoms with van der Waals surface area (Å²) in [5.74, 6) is 2.30. The highest BCUT2D eigenvalue weighted by Gasteiger charge is 2.44. The van der Waals surface area contributed by atoms with Crippen molar-refractivity contribution in [1.29, 1.82) is 0 Å². The summed E-state index contributed by atoms with van der Waals surface area (Å²) in [6, 6.07) is 0. The summed E-state index contributed by atoms with van der Waals surface area (Å²) < 4.78 is 0. The molecule has 3 atom stereocenters. The third-order valence-electron chi connectivity index (χ3n) is 5.97. The minimum absolute atomic E-state index is 0.459. The minimum Gasteiger partial charge on any atom is -0.0674 e. The fraction of sp³-hybridized carbons (Fsp3) is 0.684. The van der Waals surface area contributed by atoms with Gasteiger partial charge in [-0.1, -0.05) is 63.5 Å². The SMILES string of the molecule is CC(C)C1=CC2=CC=C3[C@@H](C)CCCC3(C)C2CC1. The van der Waals surface area contributed by atoms with Crippen molar-refractivity contribution < 1.29 is 0 Å². The van der Waals surface area contributed by atoms with Gasteiger partial charge >= 0.3 is 0 Å². The highest BCUT2D eigenvalue weighted by molar-refractivity contribution is 5.43. The second-order valence-electron chi connectivity index (χ2n) is 7.46. The van der Waals surface area contributed by atoms with Crippen LogP contribution in [0.5, 0.6) is 0 Å². The summed E-state index contributed by atoms with van der Waals surface area (Å²) in [6.45, 7) is 9.64. The van der Waals surface area contributed by atoms with Crippen LogP contribution in [0.2, 0.25) is 0 Å². The number of fused-ring (bicyclic) bond motifs is 3. The van der Waals surface area contributed by atoms with E-state index in [1.807, 2.05) is 0 Å². The molecular formula is C19H28. The smallest absolute Gasteiger partial charge is 0.00418 e. The van der Waals surface area contributed by atoms with Gasteiger partial charge in [0.2, 0.25) is 0 Å². The van der Waals surface area contributed by atoms with E-state index >= 15 is 0 Å². The van der Waals surface area contributed by atoms with Crippen molar-refractivity contribution in [3.05, 3.63) is 34.9 Å². The Labute approximate surface area is 118 Å². The summed E-state index contributed by atoms with van der Waals surface area (Å²) in [7, 11) is 0. The van der Waals surface area contributed by atoms with Crippen molar-refractivity contribution in [2.45, 2.75) is 59.8 Å². The third-order valence-corrected chi connectivity index (χ3v) is 5.97. The minimum atomic E-state index is 0.459. The lowest BCUT2D eigenvalue weighted by Gasteiger charge is -2.49. The number of hydrogen-bond acceptors (Lipinski definition) is 0. The predicted molar refractivity (Wildman–Crippen MR) is 82.9 cm³/mol. The molecule has 0 spiro atoms. The van der Waals surface area contributed by atoms with Gasteiger partial charge in [-0.25, -0.2) is 0 Å². The Hall–Kier alpha value is -0.780. The molecule has 0 bridgehead atoms. The maximum absolute atomic E-state index is 2.54. The van der Waals surface area contributed by atoms with Crippen molar-refractivity contribution >= 4 is 0 Å². The van der Waals surface area contributed by atoms with Crippen LogP contribution in [0, 0.1) is 23.2 Å². The molecule has 1 saturated carbocycles. The lowest BCUT2D eigenvalue weighted by molar-refractivity contribution is 0.175. The largest absolute Gasteiger partial charge is 0.0674 e. The number of allylic oxidation sites excluding steroid dienone is 6. The zero-order chi connectivity index (χ0) is 13.6. The van der Waals surface area contributed by atoms with E-state index in [0.717, 1.165) is 11.8 Å². The molecular weight excluding hydrogens is 228 g/mol. The van der Waals surface area contributed by atoms with Crippen molar-refractivity contribution in [2.24, 2.45) is 23.2 Å². The van der Waals surface area contributed by atoms with Gasteiger partial charge in [-0.05, 0) is 54.4 Å². The average molecular weight is 256 g/mol. The topological polar surface area (TPSA) is 0 Å². The molecule has 3 rings (SSSR count). The van der Waals surface area contributed by atoms with Gasteiger partial charge < -0.3 is 0 Å². The molecule has 2 unspecified atom stereocenters. The molecule has 0 nitrogen and oxygen atoms in total. The van der Waals surface area contributed by atoms with Gasteiger partial charge in [0, 0.05) is 0 Å². The maximum atomic E-state index is 2.54. The first-order valence-electron chi connectivity index (χ1n) is 8.15. The molecule has 0 radical (unpaired) electrons. The van der Waals surface area contributed by atoms with E-state index in [1.165, 1.54) is 32.1 Å². The van der Waals surface area contributed by atoms with Crippen LogP contribution in [0.25, 0.3) is 0 Å². The first-order chi connectivity index (χ1) is 9.02. The molecule has 0 amide bonds. The standard InChI is InChI=1S/C19H28/c1-13(2)15-7-10-18-16(12-15)8-9-17-14(3)6-5-11-19(17,18)4/h8-9,12-14,18H,5-7,10-11H2,1-4H3/t14-,18?,19?/m0/s1. The zero-order valence-electron chi connectivity index (χ0n) is 13.0. The van der Waals surface area contributed by atoms with Crippen LogP contribution in [0.3, 0.4) is 0 Å². The molecule has 0 heterocycles. The molecule has 19 heavy (non-hydrogen) atoms. The van der Waals surface area contributed by atoms with Gasteiger partial charge in [-0.3, -0.25) is 0 Å². The van der Waals surface area contributed by atoms with E-state index in [-0.39, 0.29) is 0 Å². The van der Waals surface area contributed by atoms with E-state index in [0.29, 0.717) is 11.3 Å². The number of rotatable bonds is 1. The Morgan fingerprint density at radius 2 is 2.00 bits per heavy atom. The second-order valence-corrected chi connectivity index (χ2v) is 7.46. The Kier molecular flexibility index (Phi) is 3.23. The Balaban J connectivity index is 2.00. The van der Waals surface area contributed by atoms with Crippen LogP contribution in [0.4, 0.5) is 0 Å². The van der Waals surface area contributed by atoms with Gasteiger partial charge in [0.05, 0.1) is 0 Å². The van der Waals surface area contributed by atoms with Crippen LogP contribution < -0.4 is 0 Å². The molecule has 0 aromatic heterocycles. The monoisotopic (exact) mass is 256 g/mol. The third kappa shape index (κ3) is 2.04. The van der Waals surface area contributed by atoms with E-state index in [2.05, 4.69) is 45.9 Å². The maximum Gasteiger partial charge on any atom is -0.00418 e. The van der Waals surface area contributed by atoms with Gasteiger partial charge in [-0.15, -0.1) is 0 Å². The Morgan fingerprint density at radius 3 is 2.74 bits per heavy atom. The molecule has 104 valence electrons. The zero-order valence-corrected chi connectivity index (χ0v) is 13.0. The number of hydrogen-bond donors (Lipinski definition) is 0. The predicted octanol–water partition coefficient (Wildman–Crippen LogP) is 5.67. The Bertz CT molecular complexity index is 460. The first kappa shape index (κ1) is 13.2. The first-order valence-corrected chi connectivity index (χ1v) is 8.15. The van der Waals surface area contributed by atoms with E-state index in [1.54, 1.807) is 16.7 Å². The molecule has 0 aromatic carbocycles.